The lowest BCUT2D eigenvalue weighted by Gasteiger charge is -2.34. The van der Waals surface area contributed by atoms with Gasteiger partial charge >= 0.3 is 6.18 Å². The first-order valence-electron chi connectivity index (χ1n) is 10.4. The van der Waals surface area contributed by atoms with Crippen LogP contribution in [0.2, 0.25) is 0 Å². The zero-order chi connectivity index (χ0) is 23.8. The summed E-state index contributed by atoms with van der Waals surface area (Å²) in [7, 11) is -3.63. The van der Waals surface area contributed by atoms with E-state index in [1.165, 1.54) is 16.6 Å². The molecule has 0 aliphatic carbocycles. The molecule has 4 rings (SSSR count). The molecule has 0 N–H and O–H groups in total. The summed E-state index contributed by atoms with van der Waals surface area (Å²) in [6.07, 6.45) is -2.94. The Bertz CT molecular complexity index is 1270. The number of aryl methyl sites for hydroxylation is 2. The largest absolute Gasteiger partial charge is 0.416 e. The van der Waals surface area contributed by atoms with E-state index in [0.29, 0.717) is 40.8 Å². The summed E-state index contributed by atoms with van der Waals surface area (Å²) in [5.74, 6) is 0.355. The fourth-order valence-corrected chi connectivity index (χ4v) is 5.50. The van der Waals surface area contributed by atoms with Gasteiger partial charge in [-0.25, -0.2) is 18.4 Å². The molecule has 2 aromatic carbocycles. The summed E-state index contributed by atoms with van der Waals surface area (Å²) in [5.41, 5.74) is 1.53. The van der Waals surface area contributed by atoms with Gasteiger partial charge in [-0.2, -0.15) is 17.5 Å². The highest BCUT2D eigenvalue weighted by atomic mass is 32.2. The molecule has 0 saturated carbocycles. The molecule has 10 heteroatoms. The molecule has 3 aromatic rings. The van der Waals surface area contributed by atoms with Crippen LogP contribution >= 0.6 is 0 Å². The molecular formula is C23H23F3N4O2S. The van der Waals surface area contributed by atoms with E-state index in [0.717, 1.165) is 17.7 Å². The average molecular weight is 477 g/mol. The Kier molecular flexibility index (Phi) is 6.15. The molecular weight excluding hydrogens is 453 g/mol. The Morgan fingerprint density at radius 1 is 0.939 bits per heavy atom. The second kappa shape index (κ2) is 8.75. The third-order valence-electron chi connectivity index (χ3n) is 5.61. The molecule has 2 heterocycles. The minimum absolute atomic E-state index is 0.257. The van der Waals surface area contributed by atoms with Crippen molar-refractivity contribution in [1.82, 2.24) is 14.3 Å². The Balaban J connectivity index is 1.52. The molecule has 1 aromatic heterocycles. The number of anilines is 1. The van der Waals surface area contributed by atoms with Crippen LogP contribution in [0, 0.1) is 13.8 Å². The summed E-state index contributed by atoms with van der Waals surface area (Å²) >= 11 is 0. The molecule has 1 fully saturated rings. The van der Waals surface area contributed by atoms with Gasteiger partial charge in [-0.15, -0.1) is 0 Å². The van der Waals surface area contributed by atoms with Crippen LogP contribution in [0.5, 0.6) is 0 Å². The van der Waals surface area contributed by atoms with E-state index in [1.54, 1.807) is 31.2 Å². The first-order chi connectivity index (χ1) is 15.6. The fourth-order valence-electron chi connectivity index (χ4n) is 3.77. The van der Waals surface area contributed by atoms with Gasteiger partial charge in [0.05, 0.1) is 16.2 Å². The van der Waals surface area contributed by atoms with Crippen LogP contribution in [-0.2, 0) is 16.2 Å². The number of hydrogen-bond donors (Lipinski definition) is 0. The maximum atomic E-state index is 13.1. The van der Waals surface area contributed by atoms with Gasteiger partial charge in [-0.3, -0.25) is 0 Å². The smallest absolute Gasteiger partial charge is 0.338 e. The topological polar surface area (TPSA) is 66.4 Å². The van der Waals surface area contributed by atoms with E-state index in [2.05, 4.69) is 9.97 Å². The maximum Gasteiger partial charge on any atom is 0.416 e. The number of benzene rings is 2. The molecule has 0 spiro atoms. The normalized spacial score (nSPS) is 15.6. The van der Waals surface area contributed by atoms with Crippen LogP contribution in [0.25, 0.3) is 11.3 Å². The lowest BCUT2D eigenvalue weighted by atomic mass is 10.1. The van der Waals surface area contributed by atoms with Crippen LogP contribution in [0.1, 0.15) is 16.7 Å². The Hall–Kier alpha value is -2.98. The van der Waals surface area contributed by atoms with Crippen LogP contribution in [0.4, 0.5) is 19.1 Å². The highest BCUT2D eigenvalue weighted by Crippen LogP contribution is 2.32. The van der Waals surface area contributed by atoms with Crippen molar-refractivity contribution < 1.29 is 21.6 Å². The molecule has 1 saturated heterocycles. The van der Waals surface area contributed by atoms with Crippen LogP contribution in [0.15, 0.2) is 59.6 Å². The summed E-state index contributed by atoms with van der Waals surface area (Å²) < 4.78 is 66.9. The van der Waals surface area contributed by atoms with Crippen molar-refractivity contribution in [2.24, 2.45) is 0 Å². The number of halogens is 3. The molecule has 6 nitrogen and oxygen atoms in total. The van der Waals surface area contributed by atoms with E-state index >= 15 is 0 Å². The SMILES string of the molecule is Cc1ccc(C)c(S(=O)(=O)N2CCN(c3nccc(-c4cccc(C(F)(F)F)c4)n3)CC2)c1. The molecule has 0 bridgehead atoms. The average Bonchev–Trinajstić information content (AvgIpc) is 2.80. The summed E-state index contributed by atoms with van der Waals surface area (Å²) in [5, 5.41) is 0. The Morgan fingerprint density at radius 3 is 2.36 bits per heavy atom. The lowest BCUT2D eigenvalue weighted by Crippen LogP contribution is -2.49. The van der Waals surface area contributed by atoms with Crippen LogP contribution in [-0.4, -0.2) is 48.9 Å². The summed E-state index contributed by atoms with van der Waals surface area (Å²) in [4.78, 5) is 10.8. The summed E-state index contributed by atoms with van der Waals surface area (Å²) in [6.45, 7) is 4.88. The van der Waals surface area contributed by atoms with Gasteiger partial charge in [0.15, 0.2) is 0 Å². The molecule has 0 atom stereocenters. The zero-order valence-electron chi connectivity index (χ0n) is 18.2. The second-order valence-electron chi connectivity index (χ2n) is 7.98. The minimum atomic E-state index is -4.44. The molecule has 33 heavy (non-hydrogen) atoms. The molecule has 0 amide bonds. The number of alkyl halides is 3. The number of aromatic nitrogens is 2. The van der Waals surface area contributed by atoms with Crippen LogP contribution < -0.4 is 4.90 Å². The van der Waals surface area contributed by atoms with Crippen molar-refractivity contribution in [2.75, 3.05) is 31.1 Å². The third kappa shape index (κ3) is 4.86. The maximum absolute atomic E-state index is 13.1. The predicted octanol–water partition coefficient (Wildman–Crippen LogP) is 4.29. The van der Waals surface area contributed by atoms with Crippen molar-refractivity contribution in [3.05, 3.63) is 71.4 Å². The van der Waals surface area contributed by atoms with Crippen molar-refractivity contribution in [1.29, 1.82) is 0 Å². The van der Waals surface area contributed by atoms with Crippen molar-refractivity contribution in [3.8, 4) is 11.3 Å². The number of hydrogen-bond acceptors (Lipinski definition) is 5. The van der Waals surface area contributed by atoms with Gasteiger partial charge in [0.1, 0.15) is 0 Å². The van der Waals surface area contributed by atoms with E-state index in [4.69, 9.17) is 0 Å². The van der Waals surface area contributed by atoms with Gasteiger partial charge in [-0.1, -0.05) is 24.3 Å². The molecule has 1 aliphatic rings. The molecule has 0 unspecified atom stereocenters. The van der Waals surface area contributed by atoms with Crippen molar-refractivity contribution >= 4 is 16.0 Å². The second-order valence-corrected chi connectivity index (χ2v) is 9.89. The number of nitrogens with zero attached hydrogens (tertiary/aromatic N) is 4. The van der Waals surface area contributed by atoms with E-state index in [-0.39, 0.29) is 13.1 Å². The number of rotatable bonds is 4. The van der Waals surface area contributed by atoms with Gasteiger partial charge < -0.3 is 4.90 Å². The predicted molar refractivity (Wildman–Crippen MR) is 119 cm³/mol. The van der Waals surface area contributed by atoms with Gasteiger partial charge in [0.2, 0.25) is 16.0 Å². The quantitative estimate of drug-likeness (QED) is 0.562. The molecule has 1 aliphatic heterocycles. The fraction of sp³-hybridized carbons (Fsp3) is 0.304. The van der Waals surface area contributed by atoms with Crippen LogP contribution in [0.3, 0.4) is 0 Å². The zero-order valence-corrected chi connectivity index (χ0v) is 19.0. The van der Waals surface area contributed by atoms with Gasteiger partial charge in [0, 0.05) is 37.9 Å². The Morgan fingerprint density at radius 2 is 1.67 bits per heavy atom. The number of piperazine rings is 1. The lowest BCUT2D eigenvalue weighted by molar-refractivity contribution is -0.137. The third-order valence-corrected chi connectivity index (χ3v) is 7.65. The summed E-state index contributed by atoms with van der Waals surface area (Å²) in [6, 6.07) is 11.9. The first kappa shape index (κ1) is 23.2. The van der Waals surface area contributed by atoms with E-state index < -0.39 is 21.8 Å². The highest BCUT2D eigenvalue weighted by molar-refractivity contribution is 7.89. The monoisotopic (exact) mass is 476 g/mol. The van der Waals surface area contributed by atoms with Gasteiger partial charge in [0.25, 0.3) is 0 Å². The van der Waals surface area contributed by atoms with Crippen molar-refractivity contribution in [3.63, 3.8) is 0 Å². The standard InChI is InChI=1S/C23H23F3N4O2S/c1-16-6-7-17(2)21(14-16)33(31,32)30-12-10-29(11-13-30)22-27-9-8-20(28-22)18-4-3-5-19(15-18)23(24,25)26/h3-9,14-15H,10-13H2,1-2H3. The highest BCUT2D eigenvalue weighted by Gasteiger charge is 2.32. The van der Waals surface area contributed by atoms with E-state index in [9.17, 15) is 21.6 Å². The van der Waals surface area contributed by atoms with E-state index in [1.807, 2.05) is 17.9 Å². The molecule has 174 valence electrons. The van der Waals surface area contributed by atoms with Crippen molar-refractivity contribution in [2.45, 2.75) is 24.9 Å². The minimum Gasteiger partial charge on any atom is -0.338 e. The number of sulfonamides is 1. The Labute approximate surface area is 190 Å². The molecule has 0 radical (unpaired) electrons. The first-order valence-corrected chi connectivity index (χ1v) is 11.8. The van der Waals surface area contributed by atoms with Gasteiger partial charge in [-0.05, 0) is 49.2 Å².